The van der Waals surface area contributed by atoms with Crippen LogP contribution in [0, 0.1) is 5.41 Å². The van der Waals surface area contributed by atoms with Gasteiger partial charge >= 0.3 is 0 Å². The fraction of sp³-hybridized carbons (Fsp3) is 0.895. The second-order valence-electron chi connectivity index (χ2n) is 9.23. The smallest absolute Gasteiger partial charge is 0.246 e. The number of rotatable bonds is 7. The first kappa shape index (κ1) is 20.3. The maximum Gasteiger partial charge on any atom is 0.246 e. The highest BCUT2D eigenvalue weighted by atomic mass is 35.5. The van der Waals surface area contributed by atoms with Crippen molar-refractivity contribution in [3.8, 4) is 0 Å². The van der Waals surface area contributed by atoms with Crippen molar-refractivity contribution in [2.24, 2.45) is 5.41 Å². The molecule has 9 heteroatoms. The topological polar surface area (TPSA) is 82.7 Å². The summed E-state index contributed by atoms with van der Waals surface area (Å²) in [4.78, 5) is 26.9. The molecule has 5 rings (SSSR count). The summed E-state index contributed by atoms with van der Waals surface area (Å²) >= 11 is 5.87. The van der Waals surface area contributed by atoms with E-state index in [1.54, 1.807) is 0 Å². The van der Waals surface area contributed by atoms with Crippen molar-refractivity contribution in [2.45, 2.75) is 67.8 Å². The van der Waals surface area contributed by atoms with Crippen LogP contribution < -0.4 is 16.0 Å². The van der Waals surface area contributed by atoms with E-state index in [-0.39, 0.29) is 41.9 Å². The molecule has 0 aromatic heterocycles. The average Bonchev–Trinajstić information content (AvgIpc) is 3.01. The van der Waals surface area contributed by atoms with Crippen molar-refractivity contribution in [1.82, 2.24) is 20.9 Å². The minimum absolute atomic E-state index is 0.0633. The lowest BCUT2D eigenvalue weighted by Gasteiger charge is -2.69. The molecule has 0 spiro atoms. The van der Waals surface area contributed by atoms with E-state index in [9.17, 15) is 14.0 Å². The van der Waals surface area contributed by atoms with Gasteiger partial charge in [0.15, 0.2) is 0 Å². The number of halogens is 2. The molecule has 0 radical (unpaired) electrons. The molecule has 28 heavy (non-hydrogen) atoms. The molecule has 4 unspecified atom stereocenters. The number of carbonyl (C=O) groups excluding carboxylic acids is 2. The van der Waals surface area contributed by atoms with Gasteiger partial charge in [0, 0.05) is 37.8 Å². The summed E-state index contributed by atoms with van der Waals surface area (Å²) in [7, 11) is 2.05. The van der Waals surface area contributed by atoms with Crippen molar-refractivity contribution in [1.29, 1.82) is 0 Å². The third-order valence-corrected chi connectivity index (χ3v) is 7.19. The first-order chi connectivity index (χ1) is 13.3. The van der Waals surface area contributed by atoms with Gasteiger partial charge in [-0.3, -0.25) is 19.8 Å². The van der Waals surface area contributed by atoms with Crippen molar-refractivity contribution in [3.63, 3.8) is 0 Å². The molecule has 5 aliphatic rings. The van der Waals surface area contributed by atoms with Crippen LogP contribution in [-0.2, 0) is 14.3 Å². The molecule has 2 bridgehead atoms. The van der Waals surface area contributed by atoms with Crippen LogP contribution in [0.5, 0.6) is 0 Å². The highest BCUT2D eigenvalue weighted by Crippen LogP contribution is 2.67. The van der Waals surface area contributed by atoms with E-state index in [1.807, 2.05) is 7.05 Å². The number of amides is 2. The molecule has 0 aromatic rings. The molecule has 2 amide bonds. The summed E-state index contributed by atoms with van der Waals surface area (Å²) in [6.45, 7) is 2.36. The van der Waals surface area contributed by atoms with E-state index in [4.69, 9.17) is 16.3 Å². The summed E-state index contributed by atoms with van der Waals surface area (Å²) < 4.78 is 19.2. The molecule has 5 fully saturated rings. The van der Waals surface area contributed by atoms with E-state index in [1.165, 1.54) is 0 Å². The van der Waals surface area contributed by atoms with Gasteiger partial charge < -0.3 is 15.4 Å². The van der Waals surface area contributed by atoms with E-state index >= 15 is 0 Å². The Bertz CT molecular complexity index is 617. The molecular weight excluding hydrogens is 387 g/mol. The number of hydrogen-bond donors (Lipinski definition) is 3. The molecule has 4 atom stereocenters. The van der Waals surface area contributed by atoms with Crippen LogP contribution in [0.25, 0.3) is 0 Å². The van der Waals surface area contributed by atoms with Crippen LogP contribution in [0.3, 0.4) is 0 Å². The molecular formula is C19H30ClFN4O3. The molecule has 3 N–H and O–H groups in total. The zero-order valence-corrected chi connectivity index (χ0v) is 17.1. The predicted octanol–water partition coefficient (Wildman–Crippen LogP) is 0.517. The highest BCUT2D eigenvalue weighted by Gasteiger charge is 2.72. The zero-order chi connectivity index (χ0) is 19.9. The van der Waals surface area contributed by atoms with Crippen LogP contribution in [0.1, 0.15) is 38.5 Å². The second-order valence-corrected chi connectivity index (χ2v) is 9.79. The van der Waals surface area contributed by atoms with Crippen LogP contribution in [0.2, 0.25) is 0 Å². The Kier molecular flexibility index (Phi) is 5.59. The van der Waals surface area contributed by atoms with E-state index in [0.29, 0.717) is 44.7 Å². The number of alkyl halides is 2. The van der Waals surface area contributed by atoms with Gasteiger partial charge in [0.05, 0.1) is 16.9 Å². The molecule has 1 aliphatic heterocycles. The lowest BCUT2D eigenvalue weighted by Crippen LogP contribution is -2.78. The number of hydrogen-bond acceptors (Lipinski definition) is 5. The average molecular weight is 417 g/mol. The third-order valence-electron chi connectivity index (χ3n) is 6.70. The number of carbonyl (C=O) groups is 2. The first-order valence-electron chi connectivity index (χ1n) is 10.2. The minimum Gasteiger partial charge on any atom is -0.368 e. The maximum absolute atomic E-state index is 13.6. The highest BCUT2D eigenvalue weighted by molar-refractivity contribution is 6.21. The van der Waals surface area contributed by atoms with Gasteiger partial charge in [-0.2, -0.15) is 0 Å². The van der Waals surface area contributed by atoms with E-state index in [2.05, 4.69) is 20.9 Å². The number of likely N-dealkylation sites (N-methyl/N-ethyl adjacent to an activating group) is 1. The van der Waals surface area contributed by atoms with Gasteiger partial charge in [-0.1, -0.05) is 0 Å². The predicted molar refractivity (Wildman–Crippen MR) is 103 cm³/mol. The Balaban J connectivity index is 1.13. The van der Waals surface area contributed by atoms with Gasteiger partial charge in [0.2, 0.25) is 11.8 Å². The summed E-state index contributed by atoms with van der Waals surface area (Å²) in [5, 5.41) is 8.99. The lowest BCUT2D eigenvalue weighted by atomic mass is 9.39. The number of nitrogens with zero attached hydrogens (tertiary/aromatic N) is 1. The second kappa shape index (κ2) is 7.70. The number of ether oxygens (including phenoxy) is 1. The van der Waals surface area contributed by atoms with E-state index in [0.717, 1.165) is 13.2 Å². The van der Waals surface area contributed by atoms with Crippen molar-refractivity contribution in [2.75, 3.05) is 33.4 Å². The Labute approximate surface area is 170 Å². The van der Waals surface area contributed by atoms with Gasteiger partial charge in [-0.25, -0.2) is 4.39 Å². The summed E-state index contributed by atoms with van der Waals surface area (Å²) in [6.07, 6.45) is 2.27. The van der Waals surface area contributed by atoms with Gasteiger partial charge in [0.1, 0.15) is 12.8 Å². The lowest BCUT2D eigenvalue weighted by molar-refractivity contribution is -0.184. The van der Waals surface area contributed by atoms with E-state index < -0.39 is 11.5 Å². The quantitative estimate of drug-likeness (QED) is 0.527. The van der Waals surface area contributed by atoms with Gasteiger partial charge in [-0.05, 0) is 39.2 Å². The Morgan fingerprint density at radius 1 is 1.32 bits per heavy atom. The monoisotopic (exact) mass is 416 g/mol. The van der Waals surface area contributed by atoms with Gasteiger partial charge in [-0.15, -0.1) is 11.6 Å². The van der Waals surface area contributed by atoms with Gasteiger partial charge in [0.25, 0.3) is 0 Å². The first-order valence-corrected chi connectivity index (χ1v) is 10.6. The standard InChI is InChI=1S/C19H30ClFN4O3/c1-25-6-12(23-11-25)5-22-17(27)18-8-19(9-18,10-18)24-16(26)7-28-13-2-3-14(20)15(21)4-13/h12-15,23H,2-11H2,1H3,(H,22,27)(H,24,26). The SMILES string of the molecule is CN1CNC(CNC(=O)C23CC(NC(=O)COC4CCC(Cl)C(F)C4)(C2)C3)C1. The van der Waals surface area contributed by atoms with Crippen LogP contribution in [0.4, 0.5) is 4.39 Å². The third kappa shape index (κ3) is 4.01. The molecule has 7 nitrogen and oxygen atoms in total. The molecule has 1 heterocycles. The maximum atomic E-state index is 13.6. The summed E-state index contributed by atoms with van der Waals surface area (Å²) in [5.74, 6) is -0.0849. The summed E-state index contributed by atoms with van der Waals surface area (Å²) in [5.41, 5.74) is -0.557. The van der Waals surface area contributed by atoms with Crippen LogP contribution >= 0.6 is 11.6 Å². The van der Waals surface area contributed by atoms with Crippen LogP contribution in [0.15, 0.2) is 0 Å². The summed E-state index contributed by atoms with van der Waals surface area (Å²) in [6, 6.07) is 0.296. The molecule has 1 saturated heterocycles. The van der Waals surface area contributed by atoms with Crippen LogP contribution in [-0.4, -0.2) is 79.4 Å². The number of nitrogens with one attached hydrogen (secondary N) is 3. The van der Waals surface area contributed by atoms with Crippen molar-refractivity contribution >= 4 is 23.4 Å². The Morgan fingerprint density at radius 3 is 2.71 bits per heavy atom. The van der Waals surface area contributed by atoms with Crippen molar-refractivity contribution in [3.05, 3.63) is 0 Å². The Hall–Kier alpha value is -0.960. The molecule has 4 saturated carbocycles. The molecule has 0 aromatic carbocycles. The molecule has 158 valence electrons. The Morgan fingerprint density at radius 2 is 2.07 bits per heavy atom. The largest absolute Gasteiger partial charge is 0.368 e. The molecule has 4 aliphatic carbocycles. The minimum atomic E-state index is -1.07. The fourth-order valence-corrected chi connectivity index (χ4v) is 5.44. The van der Waals surface area contributed by atoms with Crippen molar-refractivity contribution < 1.29 is 18.7 Å². The fourth-order valence-electron chi connectivity index (χ4n) is 5.21. The zero-order valence-electron chi connectivity index (χ0n) is 16.3. The normalized spacial score (nSPS) is 42.4.